The van der Waals surface area contributed by atoms with E-state index in [2.05, 4.69) is 26.9 Å². The van der Waals surface area contributed by atoms with Crippen LogP contribution in [-0.4, -0.2) is 23.5 Å². The Bertz CT molecular complexity index is 413. The minimum atomic E-state index is 0.245. The summed E-state index contributed by atoms with van der Waals surface area (Å²) in [6.07, 6.45) is 6.33. The molecule has 3 rings (SSSR count). The third kappa shape index (κ3) is 2.63. The Labute approximate surface area is 126 Å². The van der Waals surface area contributed by atoms with Crippen LogP contribution in [0.15, 0.2) is 10.5 Å². The molecule has 0 spiro atoms. The van der Waals surface area contributed by atoms with Crippen LogP contribution >= 0.6 is 38.9 Å². The third-order valence-corrected chi connectivity index (χ3v) is 6.48. The summed E-state index contributed by atoms with van der Waals surface area (Å²) in [6, 6.07) is 3.54. The minimum absolute atomic E-state index is 0.245. The summed E-state index contributed by atoms with van der Waals surface area (Å²) in [6.45, 7) is 1.19. The van der Waals surface area contributed by atoms with Crippen molar-refractivity contribution < 1.29 is 0 Å². The van der Waals surface area contributed by atoms with E-state index in [0.717, 1.165) is 21.3 Å². The molecule has 5 heteroatoms. The molecule has 0 radical (unpaired) electrons. The van der Waals surface area contributed by atoms with Crippen molar-refractivity contribution in [1.29, 1.82) is 0 Å². The highest BCUT2D eigenvalue weighted by Crippen LogP contribution is 2.43. The van der Waals surface area contributed by atoms with Gasteiger partial charge in [0.25, 0.3) is 0 Å². The monoisotopic (exact) mass is 348 g/mol. The SMILES string of the molecule is NC1CCCCN(C2CC2)C1c1cc(Br)c(Cl)s1. The summed E-state index contributed by atoms with van der Waals surface area (Å²) < 4.78 is 1.86. The number of thiophene rings is 1. The van der Waals surface area contributed by atoms with Crippen molar-refractivity contribution in [2.24, 2.45) is 5.73 Å². The number of likely N-dealkylation sites (tertiary alicyclic amines) is 1. The van der Waals surface area contributed by atoms with Crippen LogP contribution in [0.25, 0.3) is 0 Å². The van der Waals surface area contributed by atoms with E-state index in [9.17, 15) is 0 Å². The molecule has 2 heterocycles. The second kappa shape index (κ2) is 5.41. The molecule has 1 aliphatic carbocycles. The quantitative estimate of drug-likeness (QED) is 0.868. The lowest BCUT2D eigenvalue weighted by Gasteiger charge is -2.32. The van der Waals surface area contributed by atoms with E-state index < -0.39 is 0 Å². The van der Waals surface area contributed by atoms with Crippen LogP contribution in [0.4, 0.5) is 0 Å². The summed E-state index contributed by atoms with van der Waals surface area (Å²) in [5, 5.41) is 0. The van der Waals surface area contributed by atoms with Gasteiger partial charge in [0.2, 0.25) is 0 Å². The lowest BCUT2D eigenvalue weighted by atomic mass is 10.0. The van der Waals surface area contributed by atoms with Gasteiger partial charge < -0.3 is 5.73 Å². The van der Waals surface area contributed by atoms with Crippen LogP contribution in [0, 0.1) is 0 Å². The van der Waals surface area contributed by atoms with E-state index in [1.54, 1.807) is 11.3 Å². The van der Waals surface area contributed by atoms with Gasteiger partial charge in [-0.3, -0.25) is 4.90 Å². The van der Waals surface area contributed by atoms with Crippen LogP contribution in [0.1, 0.15) is 43.0 Å². The van der Waals surface area contributed by atoms with Crippen molar-refractivity contribution in [3.05, 3.63) is 19.8 Å². The predicted molar refractivity (Wildman–Crippen MR) is 81.3 cm³/mol. The maximum Gasteiger partial charge on any atom is 0.107 e. The third-order valence-electron chi connectivity index (χ3n) is 3.94. The molecule has 0 aromatic carbocycles. The van der Waals surface area contributed by atoms with Gasteiger partial charge in [-0.25, -0.2) is 0 Å². The Morgan fingerprint density at radius 1 is 1.33 bits per heavy atom. The molecule has 2 fully saturated rings. The molecule has 1 saturated heterocycles. The minimum Gasteiger partial charge on any atom is -0.326 e. The largest absolute Gasteiger partial charge is 0.326 e. The standard InChI is InChI=1S/C13H18BrClN2S/c14-9-7-11(18-13(9)15)12-10(16)3-1-2-6-17(12)8-4-5-8/h7-8,10,12H,1-6,16H2. The van der Waals surface area contributed by atoms with E-state index in [4.69, 9.17) is 17.3 Å². The second-order valence-corrected chi connectivity index (χ2v) is 7.88. The van der Waals surface area contributed by atoms with Gasteiger partial charge in [0.15, 0.2) is 0 Å². The van der Waals surface area contributed by atoms with Gasteiger partial charge in [0, 0.05) is 21.4 Å². The Morgan fingerprint density at radius 2 is 2.11 bits per heavy atom. The first-order chi connectivity index (χ1) is 8.66. The second-order valence-electron chi connectivity index (χ2n) is 5.34. The fourth-order valence-corrected chi connectivity index (χ4v) is 4.85. The molecule has 2 N–H and O–H groups in total. The summed E-state index contributed by atoms with van der Waals surface area (Å²) >= 11 is 11.4. The smallest absolute Gasteiger partial charge is 0.107 e. The van der Waals surface area contributed by atoms with Crippen LogP contribution in [0.2, 0.25) is 4.34 Å². The molecule has 0 amide bonds. The van der Waals surface area contributed by atoms with Gasteiger partial charge in [-0.1, -0.05) is 18.0 Å². The lowest BCUT2D eigenvalue weighted by molar-refractivity contribution is 0.178. The molecule has 1 saturated carbocycles. The molecule has 2 atom stereocenters. The lowest BCUT2D eigenvalue weighted by Crippen LogP contribution is -2.40. The summed E-state index contributed by atoms with van der Waals surface area (Å²) in [4.78, 5) is 3.96. The fourth-order valence-electron chi connectivity index (χ4n) is 2.92. The Kier molecular flexibility index (Phi) is 4.02. The zero-order valence-electron chi connectivity index (χ0n) is 10.2. The zero-order chi connectivity index (χ0) is 12.7. The molecule has 1 aromatic heterocycles. The molecule has 18 heavy (non-hydrogen) atoms. The summed E-state index contributed by atoms with van der Waals surface area (Å²) in [5.41, 5.74) is 6.43. The molecule has 2 nitrogen and oxygen atoms in total. The van der Waals surface area contributed by atoms with E-state index in [-0.39, 0.29) is 6.04 Å². The molecule has 2 unspecified atom stereocenters. The molecular weight excluding hydrogens is 332 g/mol. The topological polar surface area (TPSA) is 29.3 Å². The van der Waals surface area contributed by atoms with Crippen LogP contribution in [0.5, 0.6) is 0 Å². The summed E-state index contributed by atoms with van der Waals surface area (Å²) in [7, 11) is 0. The van der Waals surface area contributed by atoms with Crippen LogP contribution < -0.4 is 5.73 Å². The highest BCUT2D eigenvalue weighted by atomic mass is 79.9. The van der Waals surface area contributed by atoms with Gasteiger partial charge >= 0.3 is 0 Å². The van der Waals surface area contributed by atoms with Gasteiger partial charge in [-0.05, 0) is 54.2 Å². The molecule has 1 aliphatic heterocycles. The Balaban J connectivity index is 1.92. The first-order valence-corrected chi connectivity index (χ1v) is 8.61. The number of halogens is 2. The van der Waals surface area contributed by atoms with Crippen LogP contribution in [-0.2, 0) is 0 Å². The van der Waals surface area contributed by atoms with Crippen molar-refractivity contribution in [2.75, 3.05) is 6.54 Å². The predicted octanol–water partition coefficient (Wildman–Crippen LogP) is 4.18. The number of nitrogens with zero attached hydrogens (tertiary/aromatic N) is 1. The molecule has 2 aliphatic rings. The number of rotatable bonds is 2. The van der Waals surface area contributed by atoms with Crippen molar-refractivity contribution >= 4 is 38.9 Å². The average Bonchev–Trinajstić information content (AvgIpc) is 3.11. The van der Waals surface area contributed by atoms with Crippen molar-refractivity contribution in [2.45, 2.75) is 50.2 Å². The van der Waals surface area contributed by atoms with Gasteiger partial charge in [0.1, 0.15) is 4.34 Å². The molecule has 1 aromatic rings. The zero-order valence-corrected chi connectivity index (χ0v) is 13.4. The Hall–Kier alpha value is 0.390. The van der Waals surface area contributed by atoms with Gasteiger partial charge in [-0.15, -0.1) is 11.3 Å². The number of nitrogens with two attached hydrogens (primary N) is 1. The number of hydrogen-bond donors (Lipinski definition) is 1. The van der Waals surface area contributed by atoms with Gasteiger partial charge in [-0.2, -0.15) is 0 Å². The molecular formula is C13H18BrClN2S. The van der Waals surface area contributed by atoms with E-state index >= 15 is 0 Å². The molecule has 0 bridgehead atoms. The first kappa shape index (κ1) is 13.4. The summed E-state index contributed by atoms with van der Waals surface area (Å²) in [5.74, 6) is 0. The number of hydrogen-bond acceptors (Lipinski definition) is 3. The Morgan fingerprint density at radius 3 is 2.72 bits per heavy atom. The van der Waals surface area contributed by atoms with E-state index in [0.29, 0.717) is 6.04 Å². The maximum atomic E-state index is 6.43. The average molecular weight is 350 g/mol. The van der Waals surface area contributed by atoms with E-state index in [1.807, 2.05) is 0 Å². The van der Waals surface area contributed by atoms with E-state index in [1.165, 1.54) is 37.1 Å². The highest BCUT2D eigenvalue weighted by molar-refractivity contribution is 9.10. The highest BCUT2D eigenvalue weighted by Gasteiger charge is 2.39. The maximum absolute atomic E-state index is 6.43. The van der Waals surface area contributed by atoms with Crippen LogP contribution in [0.3, 0.4) is 0 Å². The van der Waals surface area contributed by atoms with Crippen molar-refractivity contribution in [3.63, 3.8) is 0 Å². The van der Waals surface area contributed by atoms with Crippen molar-refractivity contribution in [3.8, 4) is 0 Å². The van der Waals surface area contributed by atoms with Gasteiger partial charge in [0.05, 0.1) is 6.04 Å². The molecule has 100 valence electrons. The normalized spacial score (nSPS) is 30.4. The van der Waals surface area contributed by atoms with Crippen molar-refractivity contribution in [1.82, 2.24) is 4.90 Å². The first-order valence-electron chi connectivity index (χ1n) is 6.63. The fraction of sp³-hybridized carbons (Fsp3) is 0.692.